The number of hydrogen-bond acceptors (Lipinski definition) is 1. The monoisotopic (exact) mass is 313 g/mol. The Bertz CT molecular complexity index is 380. The molecule has 2 N–H and O–H groups in total. The lowest BCUT2D eigenvalue weighted by atomic mass is 10.1. The van der Waals surface area contributed by atoms with Crippen LogP contribution in [0.4, 0.5) is 13.2 Å². The van der Waals surface area contributed by atoms with E-state index < -0.39 is 17.8 Å². The molecule has 8 heteroatoms. The number of alkyl halides is 3. The standard InChI is InChI=1S/C8H5Cl3F3N.ClH/c9-3-1-2-4(10)6(11)5(3)7(15)8(12,13)14;/h1-2,7H,15H2;1H/t7-;/m0./s1. The van der Waals surface area contributed by atoms with Crippen LogP contribution in [0.3, 0.4) is 0 Å². The maximum atomic E-state index is 12.3. The van der Waals surface area contributed by atoms with Crippen molar-refractivity contribution in [3.8, 4) is 0 Å². The Balaban J connectivity index is 0.00000225. The average Bonchev–Trinajstić information content (AvgIpc) is 2.10. The van der Waals surface area contributed by atoms with Gasteiger partial charge in [0, 0.05) is 10.6 Å². The summed E-state index contributed by atoms with van der Waals surface area (Å²) in [7, 11) is 0. The molecule has 0 saturated carbocycles. The van der Waals surface area contributed by atoms with Crippen molar-refractivity contribution in [2.24, 2.45) is 5.73 Å². The largest absolute Gasteiger partial charge is 0.407 e. The minimum atomic E-state index is -4.61. The molecule has 0 fully saturated rings. The Kier molecular flexibility index (Phi) is 5.69. The van der Waals surface area contributed by atoms with Gasteiger partial charge in [-0.25, -0.2) is 0 Å². The van der Waals surface area contributed by atoms with Crippen LogP contribution in [0, 0.1) is 0 Å². The summed E-state index contributed by atoms with van der Waals surface area (Å²) in [5.74, 6) is 0. The van der Waals surface area contributed by atoms with Crippen LogP contribution < -0.4 is 5.73 Å². The van der Waals surface area contributed by atoms with E-state index in [0.717, 1.165) is 0 Å². The van der Waals surface area contributed by atoms with Gasteiger partial charge < -0.3 is 5.73 Å². The molecule has 1 rings (SSSR count). The topological polar surface area (TPSA) is 26.0 Å². The second kappa shape index (κ2) is 5.65. The van der Waals surface area contributed by atoms with E-state index in [9.17, 15) is 13.2 Å². The number of nitrogens with two attached hydrogens (primary N) is 1. The molecule has 1 nitrogen and oxygen atoms in total. The number of benzene rings is 1. The summed E-state index contributed by atoms with van der Waals surface area (Å²) in [6, 6.07) is 0.284. The highest BCUT2D eigenvalue weighted by Gasteiger charge is 2.40. The molecule has 0 radical (unpaired) electrons. The maximum Gasteiger partial charge on any atom is 0.407 e. The van der Waals surface area contributed by atoms with Gasteiger partial charge in [-0.05, 0) is 12.1 Å². The van der Waals surface area contributed by atoms with Gasteiger partial charge in [0.15, 0.2) is 0 Å². The first-order valence-electron chi connectivity index (χ1n) is 3.71. The number of hydrogen-bond donors (Lipinski definition) is 1. The molecule has 0 spiro atoms. The zero-order valence-electron chi connectivity index (χ0n) is 7.49. The molecule has 1 aromatic carbocycles. The fraction of sp³-hybridized carbons (Fsp3) is 0.250. The molecule has 0 heterocycles. The summed E-state index contributed by atoms with van der Waals surface area (Å²) in [6.07, 6.45) is -4.61. The van der Waals surface area contributed by atoms with Crippen LogP contribution in [-0.2, 0) is 0 Å². The van der Waals surface area contributed by atoms with Gasteiger partial charge in [0.1, 0.15) is 6.04 Å². The van der Waals surface area contributed by atoms with E-state index >= 15 is 0 Å². The fourth-order valence-corrected chi connectivity index (χ4v) is 1.76. The highest BCUT2D eigenvalue weighted by molar-refractivity contribution is 6.44. The van der Waals surface area contributed by atoms with E-state index in [1.165, 1.54) is 12.1 Å². The Morgan fingerprint density at radius 2 is 1.50 bits per heavy atom. The summed E-state index contributed by atoms with van der Waals surface area (Å²) < 4.78 is 37.0. The molecule has 0 unspecified atom stereocenters. The van der Waals surface area contributed by atoms with E-state index in [1.54, 1.807) is 0 Å². The zero-order chi connectivity index (χ0) is 11.8. The maximum absolute atomic E-state index is 12.3. The lowest BCUT2D eigenvalue weighted by molar-refractivity contribution is -0.149. The van der Waals surface area contributed by atoms with Crippen LogP contribution >= 0.6 is 47.2 Å². The van der Waals surface area contributed by atoms with Crippen LogP contribution in [0.25, 0.3) is 0 Å². The van der Waals surface area contributed by atoms with Crippen molar-refractivity contribution in [2.75, 3.05) is 0 Å². The summed E-state index contributed by atoms with van der Waals surface area (Å²) in [5.41, 5.74) is 4.59. The van der Waals surface area contributed by atoms with Gasteiger partial charge in [-0.15, -0.1) is 12.4 Å². The SMILES string of the molecule is Cl.N[C@@H](c1c(Cl)ccc(Cl)c1Cl)C(F)(F)F. The first-order valence-corrected chi connectivity index (χ1v) is 4.84. The molecule has 0 aliphatic rings. The van der Waals surface area contributed by atoms with E-state index in [0.29, 0.717) is 0 Å². The normalized spacial score (nSPS) is 13.2. The Labute approximate surface area is 111 Å². The van der Waals surface area contributed by atoms with Crippen molar-refractivity contribution < 1.29 is 13.2 Å². The summed E-state index contributed by atoms with van der Waals surface area (Å²) in [6.45, 7) is 0. The quantitative estimate of drug-likeness (QED) is 0.751. The highest BCUT2D eigenvalue weighted by Crippen LogP contribution is 2.40. The van der Waals surface area contributed by atoms with Crippen molar-refractivity contribution in [3.63, 3.8) is 0 Å². The van der Waals surface area contributed by atoms with Gasteiger partial charge in [-0.1, -0.05) is 34.8 Å². The Hall–Kier alpha value is 0.130. The predicted octanol–water partition coefficient (Wildman–Crippen LogP) is 4.63. The third-order valence-electron chi connectivity index (χ3n) is 1.74. The molecule has 0 aromatic heterocycles. The Morgan fingerprint density at radius 3 is 1.94 bits per heavy atom. The minimum Gasteiger partial charge on any atom is -0.316 e. The molecule has 92 valence electrons. The van der Waals surface area contributed by atoms with Crippen LogP contribution in [-0.4, -0.2) is 6.18 Å². The predicted molar refractivity (Wildman–Crippen MR) is 61.7 cm³/mol. The molecule has 0 saturated heterocycles. The number of halogens is 7. The molecule has 1 atom stereocenters. The molecular formula is C8H6Cl4F3N. The van der Waals surface area contributed by atoms with E-state index in [2.05, 4.69) is 0 Å². The fourth-order valence-electron chi connectivity index (χ4n) is 0.992. The highest BCUT2D eigenvalue weighted by atomic mass is 35.5. The van der Waals surface area contributed by atoms with Crippen LogP contribution in [0.5, 0.6) is 0 Å². The first kappa shape index (κ1) is 16.1. The van der Waals surface area contributed by atoms with E-state index in [1.807, 2.05) is 0 Å². The molecule has 0 amide bonds. The molecule has 0 aliphatic heterocycles. The van der Waals surface area contributed by atoms with Crippen LogP contribution in [0.2, 0.25) is 15.1 Å². The molecule has 1 aromatic rings. The third kappa shape index (κ3) is 3.31. The minimum absolute atomic E-state index is 0. The third-order valence-corrected chi connectivity index (χ3v) is 2.89. The summed E-state index contributed by atoms with van der Waals surface area (Å²) in [5, 5.41) is -0.445. The zero-order valence-corrected chi connectivity index (χ0v) is 10.6. The van der Waals surface area contributed by atoms with Gasteiger partial charge in [0.25, 0.3) is 0 Å². The van der Waals surface area contributed by atoms with Gasteiger partial charge in [0.05, 0.1) is 10.0 Å². The van der Waals surface area contributed by atoms with Crippen molar-refractivity contribution in [1.82, 2.24) is 0 Å². The van der Waals surface area contributed by atoms with Crippen LogP contribution in [0.1, 0.15) is 11.6 Å². The summed E-state index contributed by atoms with van der Waals surface area (Å²) in [4.78, 5) is 0. The molecule has 0 aliphatic carbocycles. The molecule has 0 bridgehead atoms. The van der Waals surface area contributed by atoms with Gasteiger partial charge in [-0.3, -0.25) is 0 Å². The van der Waals surface area contributed by atoms with Gasteiger partial charge in [0.2, 0.25) is 0 Å². The van der Waals surface area contributed by atoms with Crippen molar-refractivity contribution in [3.05, 3.63) is 32.8 Å². The van der Waals surface area contributed by atoms with Gasteiger partial charge in [-0.2, -0.15) is 13.2 Å². The first-order chi connectivity index (χ1) is 6.75. The number of rotatable bonds is 1. The lowest BCUT2D eigenvalue weighted by Gasteiger charge is -2.18. The smallest absolute Gasteiger partial charge is 0.316 e. The van der Waals surface area contributed by atoms with Crippen LogP contribution in [0.15, 0.2) is 12.1 Å². The second-order valence-corrected chi connectivity index (χ2v) is 3.97. The molecular weight excluding hydrogens is 309 g/mol. The van der Waals surface area contributed by atoms with E-state index in [4.69, 9.17) is 40.5 Å². The summed E-state index contributed by atoms with van der Waals surface area (Å²) >= 11 is 16.7. The molecule has 16 heavy (non-hydrogen) atoms. The van der Waals surface area contributed by atoms with Gasteiger partial charge >= 0.3 is 6.18 Å². The van der Waals surface area contributed by atoms with Crippen molar-refractivity contribution in [2.45, 2.75) is 12.2 Å². The lowest BCUT2D eigenvalue weighted by Crippen LogP contribution is -2.29. The van der Waals surface area contributed by atoms with Crippen molar-refractivity contribution in [1.29, 1.82) is 0 Å². The Morgan fingerprint density at radius 1 is 1.06 bits per heavy atom. The van der Waals surface area contributed by atoms with E-state index in [-0.39, 0.29) is 27.5 Å². The van der Waals surface area contributed by atoms with Crippen molar-refractivity contribution >= 4 is 47.2 Å². The average molecular weight is 315 g/mol. The second-order valence-electron chi connectivity index (χ2n) is 2.78.